The number of hydrazine groups is 1. The number of benzene rings is 2. The summed E-state index contributed by atoms with van der Waals surface area (Å²) in [6.45, 7) is 2.07. The largest absolute Gasteiger partial charge is 0.321 e. The van der Waals surface area contributed by atoms with E-state index in [0.29, 0.717) is 12.1 Å². The second-order valence-electron chi connectivity index (χ2n) is 4.42. The van der Waals surface area contributed by atoms with Gasteiger partial charge in [-0.15, -0.1) is 0 Å². The summed E-state index contributed by atoms with van der Waals surface area (Å²) in [4.78, 5) is -0.0588. The van der Waals surface area contributed by atoms with Crippen molar-refractivity contribution < 1.29 is 13.0 Å². The van der Waals surface area contributed by atoms with Gasteiger partial charge >= 0.3 is 0 Å². The second kappa shape index (κ2) is 6.04. The Morgan fingerprint density at radius 1 is 1.10 bits per heavy atom. The van der Waals surface area contributed by atoms with E-state index in [1.807, 2.05) is 36.4 Å². The topological polar surface area (TPSA) is 78.4 Å². The number of para-hydroxylation sites is 1. The highest BCUT2D eigenvalue weighted by molar-refractivity contribution is 7.85. The Hall–Kier alpha value is -1.89. The van der Waals surface area contributed by atoms with Crippen LogP contribution in [0.1, 0.15) is 11.1 Å². The van der Waals surface area contributed by atoms with Crippen molar-refractivity contribution in [1.29, 1.82) is 0 Å². The minimum absolute atomic E-state index is 0.0588. The molecule has 20 heavy (non-hydrogen) atoms. The van der Waals surface area contributed by atoms with Crippen LogP contribution in [-0.4, -0.2) is 13.0 Å². The van der Waals surface area contributed by atoms with E-state index < -0.39 is 10.1 Å². The van der Waals surface area contributed by atoms with Crippen molar-refractivity contribution in [3.8, 4) is 0 Å². The van der Waals surface area contributed by atoms with Crippen molar-refractivity contribution in [3.05, 3.63) is 59.7 Å². The first kappa shape index (κ1) is 14.5. The molecule has 0 unspecified atom stereocenters. The van der Waals surface area contributed by atoms with Gasteiger partial charge in [-0.05, 0) is 36.2 Å². The van der Waals surface area contributed by atoms with Gasteiger partial charge in [0.1, 0.15) is 0 Å². The van der Waals surface area contributed by atoms with E-state index in [2.05, 4.69) is 10.9 Å². The molecule has 0 saturated heterocycles. The van der Waals surface area contributed by atoms with Crippen molar-refractivity contribution in [2.24, 2.45) is 0 Å². The molecule has 0 aliphatic rings. The summed E-state index contributed by atoms with van der Waals surface area (Å²) in [5.41, 5.74) is 8.18. The predicted molar refractivity (Wildman–Crippen MR) is 77.9 cm³/mol. The third-order valence-corrected chi connectivity index (χ3v) is 3.83. The van der Waals surface area contributed by atoms with Crippen LogP contribution in [0.3, 0.4) is 0 Å². The highest BCUT2D eigenvalue weighted by atomic mass is 32.2. The zero-order chi connectivity index (χ0) is 14.6. The van der Waals surface area contributed by atoms with E-state index >= 15 is 0 Å². The molecule has 0 heterocycles. The smallest absolute Gasteiger partial charge is 0.294 e. The van der Waals surface area contributed by atoms with Gasteiger partial charge in [-0.1, -0.05) is 30.3 Å². The molecule has 2 aromatic rings. The van der Waals surface area contributed by atoms with Crippen LogP contribution in [-0.2, 0) is 16.7 Å². The summed E-state index contributed by atoms with van der Waals surface area (Å²) in [6, 6.07) is 14.5. The average Bonchev–Trinajstić information content (AvgIpc) is 2.40. The van der Waals surface area contributed by atoms with E-state index in [9.17, 15) is 8.42 Å². The third kappa shape index (κ3) is 3.80. The molecule has 0 bridgehead atoms. The number of nitrogens with one attached hydrogen (secondary N) is 2. The molecular weight excluding hydrogens is 276 g/mol. The fourth-order valence-electron chi connectivity index (χ4n) is 1.80. The van der Waals surface area contributed by atoms with Gasteiger partial charge in [-0.2, -0.15) is 8.42 Å². The maximum Gasteiger partial charge on any atom is 0.294 e. The first-order valence-corrected chi connectivity index (χ1v) is 7.52. The molecule has 0 fully saturated rings. The van der Waals surface area contributed by atoms with Crippen LogP contribution < -0.4 is 10.9 Å². The van der Waals surface area contributed by atoms with Gasteiger partial charge in [0.2, 0.25) is 0 Å². The summed E-state index contributed by atoms with van der Waals surface area (Å²) < 4.78 is 31.6. The van der Waals surface area contributed by atoms with Crippen molar-refractivity contribution in [2.45, 2.75) is 18.4 Å². The molecule has 3 N–H and O–H groups in total. The van der Waals surface area contributed by atoms with E-state index in [1.54, 1.807) is 13.0 Å². The van der Waals surface area contributed by atoms with Gasteiger partial charge in [-0.25, -0.2) is 5.43 Å². The van der Waals surface area contributed by atoms with Crippen LogP contribution in [0.4, 0.5) is 5.69 Å². The lowest BCUT2D eigenvalue weighted by atomic mass is 10.1. The summed E-state index contributed by atoms with van der Waals surface area (Å²) in [5, 5.41) is 0. The molecule has 0 spiro atoms. The summed E-state index contributed by atoms with van der Waals surface area (Å²) in [5.74, 6) is 0. The molecule has 106 valence electrons. The Balaban J connectivity index is 2.04. The van der Waals surface area contributed by atoms with Gasteiger partial charge in [0.15, 0.2) is 0 Å². The van der Waals surface area contributed by atoms with Crippen molar-refractivity contribution >= 4 is 15.8 Å². The monoisotopic (exact) mass is 292 g/mol. The molecule has 0 amide bonds. The minimum atomic E-state index is -4.18. The van der Waals surface area contributed by atoms with Crippen molar-refractivity contribution in [2.75, 3.05) is 5.43 Å². The zero-order valence-corrected chi connectivity index (χ0v) is 11.8. The Labute approximate surface area is 118 Å². The van der Waals surface area contributed by atoms with Crippen LogP contribution in [0.25, 0.3) is 0 Å². The zero-order valence-electron chi connectivity index (χ0n) is 11.0. The highest BCUT2D eigenvalue weighted by Gasteiger charge is 2.13. The molecular formula is C14H16N2O3S. The van der Waals surface area contributed by atoms with Crippen LogP contribution in [0.5, 0.6) is 0 Å². The maximum absolute atomic E-state index is 11.2. The summed E-state index contributed by atoms with van der Waals surface area (Å²) >= 11 is 0. The summed E-state index contributed by atoms with van der Waals surface area (Å²) in [6.07, 6.45) is 0. The molecule has 2 rings (SSSR count). The molecule has 0 atom stereocenters. The van der Waals surface area contributed by atoms with E-state index in [-0.39, 0.29) is 4.90 Å². The van der Waals surface area contributed by atoms with E-state index in [1.165, 1.54) is 6.07 Å². The molecule has 0 aromatic heterocycles. The predicted octanol–water partition coefficient (Wildman–Crippen LogP) is 2.36. The van der Waals surface area contributed by atoms with Gasteiger partial charge in [0.05, 0.1) is 4.90 Å². The van der Waals surface area contributed by atoms with Crippen molar-refractivity contribution in [3.63, 3.8) is 0 Å². The molecule has 0 aliphatic heterocycles. The first-order chi connectivity index (χ1) is 9.47. The van der Waals surface area contributed by atoms with E-state index in [0.717, 1.165) is 11.3 Å². The molecule has 0 saturated carbocycles. The molecule has 0 aliphatic carbocycles. The quantitative estimate of drug-likeness (QED) is 0.582. The molecule has 5 nitrogen and oxygen atoms in total. The Kier molecular flexibility index (Phi) is 4.39. The lowest BCUT2D eigenvalue weighted by Crippen LogP contribution is -2.21. The fraction of sp³-hybridized carbons (Fsp3) is 0.143. The number of hydrogen-bond acceptors (Lipinski definition) is 4. The number of rotatable bonds is 5. The average molecular weight is 292 g/mol. The second-order valence-corrected chi connectivity index (χ2v) is 5.81. The fourth-order valence-corrected chi connectivity index (χ4v) is 2.58. The Morgan fingerprint density at radius 3 is 2.45 bits per heavy atom. The lowest BCUT2D eigenvalue weighted by molar-refractivity contribution is 0.482. The third-order valence-electron chi connectivity index (χ3n) is 2.83. The standard InChI is InChI=1S/C14H16N2O3S/c1-11-7-8-12(9-14(11)20(17,18)19)10-15-16-13-5-3-2-4-6-13/h2-9,15-16H,10H2,1H3,(H,17,18,19). The molecule has 6 heteroatoms. The number of anilines is 1. The number of aryl methyl sites for hydroxylation is 1. The normalized spacial score (nSPS) is 11.3. The van der Waals surface area contributed by atoms with E-state index in [4.69, 9.17) is 4.55 Å². The van der Waals surface area contributed by atoms with Gasteiger partial charge in [0, 0.05) is 12.2 Å². The Morgan fingerprint density at radius 2 is 1.80 bits per heavy atom. The minimum Gasteiger partial charge on any atom is -0.321 e. The van der Waals surface area contributed by atoms with Crippen LogP contribution in [0.15, 0.2) is 53.4 Å². The lowest BCUT2D eigenvalue weighted by Gasteiger charge is -2.10. The molecule has 2 aromatic carbocycles. The SMILES string of the molecule is Cc1ccc(CNNc2ccccc2)cc1S(=O)(=O)O. The van der Waals surface area contributed by atoms with Crippen LogP contribution in [0.2, 0.25) is 0 Å². The first-order valence-electron chi connectivity index (χ1n) is 6.08. The van der Waals surface area contributed by atoms with Crippen LogP contribution in [0, 0.1) is 6.92 Å². The van der Waals surface area contributed by atoms with Gasteiger partial charge in [-0.3, -0.25) is 4.55 Å². The Bertz CT molecular complexity index is 685. The number of hydrogen-bond donors (Lipinski definition) is 3. The van der Waals surface area contributed by atoms with Gasteiger partial charge in [0.25, 0.3) is 10.1 Å². The highest BCUT2D eigenvalue weighted by Crippen LogP contribution is 2.16. The van der Waals surface area contributed by atoms with Gasteiger partial charge < -0.3 is 5.43 Å². The maximum atomic E-state index is 11.2. The summed E-state index contributed by atoms with van der Waals surface area (Å²) in [7, 11) is -4.18. The van der Waals surface area contributed by atoms with Crippen LogP contribution >= 0.6 is 0 Å². The van der Waals surface area contributed by atoms with Crippen molar-refractivity contribution in [1.82, 2.24) is 5.43 Å². The molecule has 0 radical (unpaired) electrons.